The predicted molar refractivity (Wildman–Crippen MR) is 248 cm³/mol. The zero-order valence-electron chi connectivity index (χ0n) is 36.7. The lowest BCUT2D eigenvalue weighted by molar-refractivity contribution is -0.136. The van der Waals surface area contributed by atoms with Crippen molar-refractivity contribution in [3.05, 3.63) is 93.2 Å². The van der Waals surface area contributed by atoms with Crippen LogP contribution in [-0.4, -0.2) is 90.8 Å². The molecular formula is C51H61Cl2FN6O4. The number of carbonyl (C=O) groups excluding carboxylic acids is 4. The number of amides is 4. The average molecular weight is 912 g/mol. The molecular weight excluding hydrogens is 851 g/mol. The summed E-state index contributed by atoms with van der Waals surface area (Å²) in [5.41, 5.74) is 1.90. The zero-order chi connectivity index (χ0) is 44.2. The Morgan fingerprint density at radius 1 is 0.766 bits per heavy atom. The lowest BCUT2D eigenvalue weighted by Gasteiger charge is -2.47. The highest BCUT2D eigenvalue weighted by atomic mass is 35.5. The molecule has 0 radical (unpaired) electrons. The van der Waals surface area contributed by atoms with Crippen molar-refractivity contribution < 1.29 is 23.6 Å². The second-order valence-electron chi connectivity index (χ2n) is 20.1. The van der Waals surface area contributed by atoms with Gasteiger partial charge in [-0.15, -0.1) is 0 Å². The van der Waals surface area contributed by atoms with E-state index >= 15 is 9.18 Å². The minimum absolute atomic E-state index is 0.0151. The fourth-order valence-electron chi connectivity index (χ4n) is 13.4. The Balaban J connectivity index is 0.745. The smallest absolute Gasteiger partial charge is 0.240 e. The first-order valence-corrected chi connectivity index (χ1v) is 24.8. The van der Waals surface area contributed by atoms with Gasteiger partial charge in [0.05, 0.1) is 17.0 Å². The van der Waals surface area contributed by atoms with Gasteiger partial charge in [0.15, 0.2) is 0 Å². The Bertz CT molecular complexity index is 2280. The number of nitrogens with one attached hydrogen (secondary N) is 3. The largest absolute Gasteiger partial charge is 0.372 e. The maximum atomic E-state index is 16.4. The molecule has 0 aromatic heterocycles. The SMILES string of the molecule is O=C1CCC(c2cccc(N3CCC(CN4CCC(CC5CCN(C(=O)[C@@H]6NC7(CCCCC7)[C@@]7(C(=O)Nc8cc(Cl)ccc87)C6c6cccc(Cl)c6F)CC5)CC4)CC3)c2)C(=O)N1. The fraction of sp³-hybridized carbons (Fsp3) is 0.569. The van der Waals surface area contributed by atoms with Crippen molar-refractivity contribution in [3.63, 3.8) is 0 Å². The van der Waals surface area contributed by atoms with Crippen LogP contribution in [0.25, 0.3) is 0 Å². The van der Waals surface area contributed by atoms with Crippen molar-refractivity contribution in [2.24, 2.45) is 17.8 Å². The molecule has 2 spiro atoms. The van der Waals surface area contributed by atoms with Gasteiger partial charge in [-0.2, -0.15) is 0 Å². The molecule has 5 saturated heterocycles. The molecule has 6 fully saturated rings. The van der Waals surface area contributed by atoms with E-state index in [4.69, 9.17) is 23.2 Å². The van der Waals surface area contributed by atoms with Crippen LogP contribution in [0.4, 0.5) is 15.8 Å². The van der Waals surface area contributed by atoms with Gasteiger partial charge in [-0.05, 0) is 142 Å². The molecule has 2 unspecified atom stereocenters. The summed E-state index contributed by atoms with van der Waals surface area (Å²) in [5.74, 6) is -0.342. The highest BCUT2D eigenvalue weighted by molar-refractivity contribution is 6.31. The number of hydrogen-bond donors (Lipinski definition) is 3. The molecule has 340 valence electrons. The molecule has 6 aliphatic heterocycles. The Morgan fingerprint density at radius 3 is 2.20 bits per heavy atom. The highest BCUT2D eigenvalue weighted by Crippen LogP contribution is 2.63. The van der Waals surface area contributed by atoms with Crippen LogP contribution in [0.15, 0.2) is 60.7 Å². The number of piperidine rings is 4. The van der Waals surface area contributed by atoms with E-state index in [0.29, 0.717) is 72.8 Å². The third-order valence-electron chi connectivity index (χ3n) is 16.6. The maximum Gasteiger partial charge on any atom is 0.240 e. The quantitative estimate of drug-likeness (QED) is 0.194. The first kappa shape index (κ1) is 43.8. The molecule has 10 nitrogen and oxygen atoms in total. The molecule has 1 aliphatic carbocycles. The van der Waals surface area contributed by atoms with Crippen molar-refractivity contribution in [2.45, 2.75) is 119 Å². The first-order chi connectivity index (χ1) is 31.0. The van der Waals surface area contributed by atoms with Crippen LogP contribution in [-0.2, 0) is 24.6 Å². The summed E-state index contributed by atoms with van der Waals surface area (Å²) >= 11 is 12.9. The highest BCUT2D eigenvalue weighted by Gasteiger charge is 2.72. The number of anilines is 2. The van der Waals surface area contributed by atoms with Gasteiger partial charge in [0.1, 0.15) is 11.2 Å². The van der Waals surface area contributed by atoms with Crippen LogP contribution in [0.1, 0.15) is 118 Å². The standard InChI is InChI=1S/C51H61Cl2FN6O4/c52-36-10-12-40-42(30-36)55-49(64)51(40)44(39-8-5-9-41(53)45(39)54)46(57-50(51)20-2-1-3-21-50)48(63)60-26-16-33(17-27-60)28-32-14-22-58(23-15-32)31-34-18-24-59(25-19-34)37-7-4-6-35(29-37)38-11-13-43(61)56-47(38)62/h4-10,12,29-30,32-34,38,44,46,57H,1-3,11,13-28,31H2,(H,55,64)(H,56,61,62)/t38?,44?,46-,51-/m1/s1. The number of rotatable bonds is 8. The van der Waals surface area contributed by atoms with Gasteiger partial charge in [0, 0.05) is 67.0 Å². The van der Waals surface area contributed by atoms with Crippen LogP contribution in [0.2, 0.25) is 10.0 Å². The Labute approximate surface area is 386 Å². The normalized spacial score (nSPS) is 28.2. The predicted octanol–water partition coefficient (Wildman–Crippen LogP) is 8.56. The Morgan fingerprint density at radius 2 is 1.47 bits per heavy atom. The second kappa shape index (κ2) is 18.0. The first-order valence-electron chi connectivity index (χ1n) is 24.1. The molecule has 3 aromatic carbocycles. The number of hydrogen-bond acceptors (Lipinski definition) is 7. The molecule has 3 aromatic rings. The summed E-state index contributed by atoms with van der Waals surface area (Å²) in [6.45, 7) is 6.76. The summed E-state index contributed by atoms with van der Waals surface area (Å²) in [7, 11) is 0. The maximum absolute atomic E-state index is 16.4. The lowest BCUT2D eigenvalue weighted by atomic mass is 9.55. The van der Waals surface area contributed by atoms with Crippen molar-refractivity contribution >= 4 is 58.2 Å². The molecule has 4 amide bonds. The number of nitrogens with zero attached hydrogens (tertiary/aromatic N) is 3. The zero-order valence-corrected chi connectivity index (χ0v) is 38.2. The van der Waals surface area contributed by atoms with Crippen molar-refractivity contribution in [3.8, 4) is 0 Å². The van der Waals surface area contributed by atoms with E-state index in [1.165, 1.54) is 31.0 Å². The van der Waals surface area contributed by atoms with Crippen LogP contribution in [0, 0.1) is 23.6 Å². The summed E-state index contributed by atoms with van der Waals surface area (Å²) in [6.07, 6.45) is 13.0. The summed E-state index contributed by atoms with van der Waals surface area (Å²) in [6, 6.07) is 18.0. The average Bonchev–Trinajstić information content (AvgIpc) is 3.75. The number of imide groups is 1. The third-order valence-corrected chi connectivity index (χ3v) is 17.1. The Hall–Kier alpha value is -4.03. The van der Waals surface area contributed by atoms with Gasteiger partial charge in [0.2, 0.25) is 23.6 Å². The minimum Gasteiger partial charge on any atom is -0.372 e. The second-order valence-corrected chi connectivity index (χ2v) is 21.0. The van der Waals surface area contributed by atoms with E-state index in [0.717, 1.165) is 88.8 Å². The van der Waals surface area contributed by atoms with Gasteiger partial charge < -0.3 is 20.0 Å². The molecule has 3 N–H and O–H groups in total. The molecule has 4 atom stereocenters. The van der Waals surface area contributed by atoms with Crippen molar-refractivity contribution in [2.75, 3.05) is 56.0 Å². The fourth-order valence-corrected chi connectivity index (χ4v) is 13.7. The number of fused-ring (bicyclic) bond motifs is 3. The van der Waals surface area contributed by atoms with Crippen LogP contribution in [0.3, 0.4) is 0 Å². The molecule has 1 saturated carbocycles. The molecule has 0 bridgehead atoms. The number of carbonyl (C=O) groups is 4. The van der Waals surface area contributed by atoms with Gasteiger partial charge in [-0.1, -0.05) is 72.8 Å². The molecule has 7 aliphatic rings. The topological polar surface area (TPSA) is 114 Å². The number of halogens is 3. The van der Waals surface area contributed by atoms with E-state index in [1.54, 1.807) is 24.3 Å². The van der Waals surface area contributed by atoms with Gasteiger partial charge >= 0.3 is 0 Å². The van der Waals surface area contributed by atoms with E-state index in [1.807, 2.05) is 23.1 Å². The van der Waals surface area contributed by atoms with E-state index in [9.17, 15) is 14.4 Å². The van der Waals surface area contributed by atoms with Crippen molar-refractivity contribution in [1.29, 1.82) is 0 Å². The molecule has 10 rings (SSSR count). The van der Waals surface area contributed by atoms with Crippen LogP contribution >= 0.6 is 23.2 Å². The molecule has 6 heterocycles. The molecule has 13 heteroatoms. The molecule has 64 heavy (non-hydrogen) atoms. The third kappa shape index (κ3) is 7.94. The van der Waals surface area contributed by atoms with Crippen molar-refractivity contribution in [1.82, 2.24) is 20.4 Å². The van der Waals surface area contributed by atoms with E-state index in [2.05, 4.69) is 37.9 Å². The summed E-state index contributed by atoms with van der Waals surface area (Å²) in [5, 5.41) is 9.96. The monoisotopic (exact) mass is 910 g/mol. The van der Waals surface area contributed by atoms with Gasteiger partial charge in [-0.25, -0.2) is 4.39 Å². The van der Waals surface area contributed by atoms with Gasteiger partial charge in [-0.3, -0.25) is 29.8 Å². The Kier molecular flexibility index (Phi) is 12.3. The summed E-state index contributed by atoms with van der Waals surface area (Å²) in [4.78, 5) is 61.1. The number of likely N-dealkylation sites (tertiary alicyclic amines) is 2. The minimum atomic E-state index is -1.22. The van der Waals surface area contributed by atoms with Crippen LogP contribution in [0.5, 0.6) is 0 Å². The van der Waals surface area contributed by atoms with Gasteiger partial charge in [0.25, 0.3) is 0 Å². The summed E-state index contributed by atoms with van der Waals surface area (Å²) < 4.78 is 16.4. The van der Waals surface area contributed by atoms with Crippen LogP contribution < -0.4 is 20.9 Å². The lowest BCUT2D eigenvalue weighted by Crippen LogP contribution is -2.60. The van der Waals surface area contributed by atoms with E-state index < -0.39 is 28.7 Å². The van der Waals surface area contributed by atoms with E-state index in [-0.39, 0.29) is 34.6 Å². The number of benzene rings is 3.